The van der Waals surface area contributed by atoms with Crippen LogP contribution in [0.5, 0.6) is 0 Å². The Hall–Kier alpha value is -1.70. The standard InChI is InChI=1S/C13H18N2O5/c1-2-3-4-8-6-15(13(19)14-12(8)18)11-5-9(17)10(7-16)20-11/h3-4,6,9-11,16-17H,2,5,7H2,1H3,(H,14,18,19)/b4-3+/t9-,10+,11+/m0/s1. The molecule has 2 rings (SSSR count). The van der Waals surface area contributed by atoms with E-state index in [1.807, 2.05) is 6.92 Å². The Balaban J connectivity index is 2.35. The predicted octanol–water partition coefficient (Wildman–Crippen LogP) is -0.400. The van der Waals surface area contributed by atoms with Crippen molar-refractivity contribution < 1.29 is 14.9 Å². The van der Waals surface area contributed by atoms with Gasteiger partial charge in [0.05, 0.1) is 18.3 Å². The van der Waals surface area contributed by atoms with Crippen molar-refractivity contribution in [1.82, 2.24) is 9.55 Å². The van der Waals surface area contributed by atoms with Crippen molar-refractivity contribution in [3.05, 3.63) is 38.7 Å². The van der Waals surface area contributed by atoms with E-state index in [0.717, 1.165) is 6.42 Å². The summed E-state index contributed by atoms with van der Waals surface area (Å²) in [6, 6.07) is 0. The number of nitrogens with zero attached hydrogens (tertiary/aromatic N) is 1. The number of ether oxygens (including phenoxy) is 1. The Morgan fingerprint density at radius 3 is 2.90 bits per heavy atom. The van der Waals surface area contributed by atoms with Gasteiger partial charge in [-0.25, -0.2) is 4.79 Å². The number of hydrogen-bond acceptors (Lipinski definition) is 5. The molecule has 0 spiro atoms. The smallest absolute Gasteiger partial charge is 0.330 e. The van der Waals surface area contributed by atoms with E-state index >= 15 is 0 Å². The Labute approximate surface area is 115 Å². The molecule has 7 heteroatoms. The number of aliphatic hydroxyl groups excluding tert-OH is 2. The van der Waals surface area contributed by atoms with E-state index in [1.165, 1.54) is 10.8 Å². The number of nitrogens with one attached hydrogen (secondary N) is 1. The second-order valence-electron chi connectivity index (χ2n) is 4.68. The van der Waals surface area contributed by atoms with Crippen molar-refractivity contribution in [1.29, 1.82) is 0 Å². The fourth-order valence-corrected chi connectivity index (χ4v) is 2.13. The molecule has 0 radical (unpaired) electrons. The first-order valence-corrected chi connectivity index (χ1v) is 6.53. The molecular weight excluding hydrogens is 264 g/mol. The monoisotopic (exact) mass is 282 g/mol. The largest absolute Gasteiger partial charge is 0.394 e. The van der Waals surface area contributed by atoms with Crippen molar-refractivity contribution in [3.8, 4) is 0 Å². The van der Waals surface area contributed by atoms with Crippen LogP contribution in [-0.4, -0.2) is 38.6 Å². The SMILES string of the molecule is CC/C=C/c1cn([C@H]2C[C@H](O)[C@@H](CO)O2)c(=O)[nH]c1=O. The summed E-state index contributed by atoms with van der Waals surface area (Å²) in [7, 11) is 0. The number of hydrogen-bond donors (Lipinski definition) is 3. The Morgan fingerprint density at radius 1 is 1.55 bits per heavy atom. The van der Waals surface area contributed by atoms with Gasteiger partial charge in [0.25, 0.3) is 5.56 Å². The molecule has 1 aliphatic rings. The summed E-state index contributed by atoms with van der Waals surface area (Å²) >= 11 is 0. The summed E-state index contributed by atoms with van der Waals surface area (Å²) in [6.45, 7) is 1.61. The van der Waals surface area contributed by atoms with Crippen LogP contribution >= 0.6 is 0 Å². The van der Waals surface area contributed by atoms with Crippen molar-refractivity contribution >= 4 is 6.08 Å². The van der Waals surface area contributed by atoms with Gasteiger partial charge in [-0.15, -0.1) is 0 Å². The number of aromatic amines is 1. The predicted molar refractivity (Wildman–Crippen MR) is 72.3 cm³/mol. The zero-order chi connectivity index (χ0) is 14.7. The third-order valence-electron chi connectivity index (χ3n) is 3.22. The molecule has 0 bridgehead atoms. The highest BCUT2D eigenvalue weighted by Crippen LogP contribution is 2.27. The lowest BCUT2D eigenvalue weighted by Gasteiger charge is -2.14. The van der Waals surface area contributed by atoms with Crippen molar-refractivity contribution in [2.45, 2.75) is 38.2 Å². The summed E-state index contributed by atoms with van der Waals surface area (Å²) in [4.78, 5) is 25.7. The molecule has 20 heavy (non-hydrogen) atoms. The van der Waals surface area contributed by atoms with Gasteiger partial charge in [-0.3, -0.25) is 14.3 Å². The van der Waals surface area contributed by atoms with Gasteiger partial charge in [-0.1, -0.05) is 19.1 Å². The van der Waals surface area contributed by atoms with Crippen LogP contribution in [0.3, 0.4) is 0 Å². The lowest BCUT2D eigenvalue weighted by atomic mass is 10.2. The topological polar surface area (TPSA) is 105 Å². The highest BCUT2D eigenvalue weighted by Gasteiger charge is 2.35. The van der Waals surface area contributed by atoms with Gasteiger partial charge in [0, 0.05) is 12.6 Å². The third kappa shape index (κ3) is 2.90. The van der Waals surface area contributed by atoms with Crippen LogP contribution in [0, 0.1) is 0 Å². The van der Waals surface area contributed by atoms with Gasteiger partial charge in [0.2, 0.25) is 0 Å². The summed E-state index contributed by atoms with van der Waals surface area (Å²) < 4.78 is 6.64. The molecule has 0 amide bonds. The quantitative estimate of drug-likeness (QED) is 0.697. The lowest BCUT2D eigenvalue weighted by Crippen LogP contribution is -2.33. The van der Waals surface area contributed by atoms with Gasteiger partial charge in [-0.2, -0.15) is 0 Å². The van der Waals surface area contributed by atoms with Crippen LogP contribution in [0.25, 0.3) is 6.08 Å². The molecule has 1 aromatic rings. The Kier molecular flexibility index (Phi) is 4.53. The second-order valence-corrected chi connectivity index (χ2v) is 4.68. The van der Waals surface area contributed by atoms with Gasteiger partial charge in [-0.05, 0) is 6.42 Å². The fraction of sp³-hybridized carbons (Fsp3) is 0.538. The number of rotatable bonds is 4. The van der Waals surface area contributed by atoms with E-state index in [2.05, 4.69) is 4.98 Å². The van der Waals surface area contributed by atoms with Gasteiger partial charge < -0.3 is 14.9 Å². The molecular formula is C13H18N2O5. The molecule has 2 heterocycles. The molecule has 3 atom stereocenters. The summed E-state index contributed by atoms with van der Waals surface area (Å²) in [5.41, 5.74) is -0.718. The Bertz CT molecular complexity index is 604. The van der Waals surface area contributed by atoms with Crippen molar-refractivity contribution in [2.24, 2.45) is 0 Å². The van der Waals surface area contributed by atoms with E-state index in [1.54, 1.807) is 12.2 Å². The van der Waals surface area contributed by atoms with Crippen molar-refractivity contribution in [2.75, 3.05) is 6.61 Å². The van der Waals surface area contributed by atoms with Gasteiger partial charge in [0.15, 0.2) is 0 Å². The highest BCUT2D eigenvalue weighted by atomic mass is 16.5. The molecule has 7 nitrogen and oxygen atoms in total. The van der Waals surface area contributed by atoms with Crippen LogP contribution in [0.4, 0.5) is 0 Å². The Morgan fingerprint density at radius 2 is 2.30 bits per heavy atom. The number of aliphatic hydroxyl groups is 2. The normalized spacial score (nSPS) is 26.4. The second kappa shape index (κ2) is 6.17. The van der Waals surface area contributed by atoms with E-state index in [-0.39, 0.29) is 13.0 Å². The zero-order valence-electron chi connectivity index (χ0n) is 11.2. The molecule has 110 valence electrons. The molecule has 0 aromatic carbocycles. The van der Waals surface area contributed by atoms with Gasteiger partial charge in [0.1, 0.15) is 12.3 Å². The average molecular weight is 282 g/mol. The first kappa shape index (κ1) is 14.7. The minimum absolute atomic E-state index is 0.189. The molecule has 0 saturated carbocycles. The van der Waals surface area contributed by atoms with Crippen LogP contribution in [0.15, 0.2) is 21.9 Å². The third-order valence-corrected chi connectivity index (χ3v) is 3.22. The van der Waals surface area contributed by atoms with E-state index < -0.39 is 29.7 Å². The maximum atomic E-state index is 11.8. The van der Waals surface area contributed by atoms with E-state index in [0.29, 0.717) is 5.56 Å². The minimum Gasteiger partial charge on any atom is -0.394 e. The molecule has 1 aliphatic heterocycles. The highest BCUT2D eigenvalue weighted by molar-refractivity contribution is 5.46. The maximum Gasteiger partial charge on any atom is 0.330 e. The first-order valence-electron chi connectivity index (χ1n) is 6.53. The first-order chi connectivity index (χ1) is 9.56. The van der Waals surface area contributed by atoms with Crippen LogP contribution in [-0.2, 0) is 4.74 Å². The van der Waals surface area contributed by atoms with Crippen molar-refractivity contribution in [3.63, 3.8) is 0 Å². The molecule has 1 fully saturated rings. The average Bonchev–Trinajstić information content (AvgIpc) is 2.79. The fourth-order valence-electron chi connectivity index (χ4n) is 2.13. The lowest BCUT2D eigenvalue weighted by molar-refractivity contribution is -0.0459. The number of allylic oxidation sites excluding steroid dienone is 1. The van der Waals surface area contributed by atoms with Crippen LogP contribution in [0.2, 0.25) is 0 Å². The summed E-state index contributed by atoms with van der Waals surface area (Å²) in [5.74, 6) is 0. The maximum absolute atomic E-state index is 11.8. The molecule has 3 N–H and O–H groups in total. The van der Waals surface area contributed by atoms with E-state index in [4.69, 9.17) is 9.84 Å². The number of H-pyrrole nitrogens is 1. The zero-order valence-corrected chi connectivity index (χ0v) is 11.2. The van der Waals surface area contributed by atoms with Gasteiger partial charge >= 0.3 is 5.69 Å². The van der Waals surface area contributed by atoms with Crippen LogP contribution in [0.1, 0.15) is 31.6 Å². The van der Waals surface area contributed by atoms with E-state index in [9.17, 15) is 14.7 Å². The summed E-state index contributed by atoms with van der Waals surface area (Å²) in [6.07, 6.45) is 3.55. The summed E-state index contributed by atoms with van der Waals surface area (Å²) in [5, 5.41) is 18.7. The molecule has 1 aromatic heterocycles. The van der Waals surface area contributed by atoms with Crippen LogP contribution < -0.4 is 11.2 Å². The molecule has 0 unspecified atom stereocenters. The molecule has 1 saturated heterocycles. The minimum atomic E-state index is -0.835. The molecule has 0 aliphatic carbocycles. The number of aromatic nitrogens is 2.